The SMILES string of the molecule is COc1c(O)c(C)c(C/C=C(\C)C/C=C/C(C)CCC=C(C)C)c(O)c1OC. The number of allylic oxidation sites excluding steroid dienone is 6. The zero-order chi connectivity index (χ0) is 21.3. The van der Waals surface area contributed by atoms with Gasteiger partial charge >= 0.3 is 0 Å². The van der Waals surface area contributed by atoms with Crippen LogP contribution in [0.4, 0.5) is 0 Å². The van der Waals surface area contributed by atoms with Crippen molar-refractivity contribution in [3.05, 3.63) is 46.6 Å². The van der Waals surface area contributed by atoms with E-state index in [1.807, 2.05) is 0 Å². The van der Waals surface area contributed by atoms with Crippen molar-refractivity contribution in [2.75, 3.05) is 14.2 Å². The van der Waals surface area contributed by atoms with Gasteiger partial charge in [-0.25, -0.2) is 0 Å². The molecule has 0 amide bonds. The van der Waals surface area contributed by atoms with E-state index in [2.05, 4.69) is 52.0 Å². The topological polar surface area (TPSA) is 58.9 Å². The van der Waals surface area contributed by atoms with Gasteiger partial charge < -0.3 is 19.7 Å². The summed E-state index contributed by atoms with van der Waals surface area (Å²) >= 11 is 0. The average molecular weight is 389 g/mol. The van der Waals surface area contributed by atoms with Gasteiger partial charge in [-0.3, -0.25) is 0 Å². The first-order valence-electron chi connectivity index (χ1n) is 9.83. The van der Waals surface area contributed by atoms with E-state index in [4.69, 9.17) is 9.47 Å². The summed E-state index contributed by atoms with van der Waals surface area (Å²) in [5, 5.41) is 20.9. The number of ether oxygens (including phenoxy) is 2. The maximum atomic E-state index is 10.5. The Kier molecular flexibility index (Phi) is 9.70. The van der Waals surface area contributed by atoms with Gasteiger partial charge in [0.2, 0.25) is 11.5 Å². The van der Waals surface area contributed by atoms with Crippen LogP contribution in [0.25, 0.3) is 0 Å². The van der Waals surface area contributed by atoms with E-state index in [0.29, 0.717) is 23.5 Å². The molecule has 0 aliphatic rings. The van der Waals surface area contributed by atoms with E-state index in [9.17, 15) is 10.2 Å². The highest BCUT2D eigenvalue weighted by atomic mass is 16.5. The molecule has 4 heteroatoms. The van der Waals surface area contributed by atoms with Gasteiger partial charge in [0.1, 0.15) is 0 Å². The molecule has 1 unspecified atom stereocenters. The Morgan fingerprint density at radius 2 is 1.61 bits per heavy atom. The number of methoxy groups -OCH3 is 2. The fourth-order valence-corrected chi connectivity index (χ4v) is 3.05. The number of aromatic hydroxyl groups is 2. The monoisotopic (exact) mass is 388 g/mol. The second-order valence-corrected chi connectivity index (χ2v) is 7.59. The van der Waals surface area contributed by atoms with Gasteiger partial charge in [0.15, 0.2) is 11.5 Å². The van der Waals surface area contributed by atoms with Crippen molar-refractivity contribution in [1.29, 1.82) is 0 Å². The van der Waals surface area contributed by atoms with Crippen molar-refractivity contribution in [3.8, 4) is 23.0 Å². The minimum atomic E-state index is 0.00305. The summed E-state index contributed by atoms with van der Waals surface area (Å²) in [7, 11) is 2.88. The molecule has 0 aliphatic carbocycles. The third-order valence-electron chi connectivity index (χ3n) is 4.87. The van der Waals surface area contributed by atoms with Crippen molar-refractivity contribution in [2.45, 2.75) is 60.3 Å². The summed E-state index contributed by atoms with van der Waals surface area (Å²) < 4.78 is 10.4. The van der Waals surface area contributed by atoms with E-state index in [1.165, 1.54) is 25.4 Å². The van der Waals surface area contributed by atoms with Gasteiger partial charge in [-0.1, -0.05) is 42.4 Å². The van der Waals surface area contributed by atoms with Crippen LogP contribution in [0.5, 0.6) is 23.0 Å². The average Bonchev–Trinajstić information content (AvgIpc) is 2.64. The Hall–Kier alpha value is -2.36. The first-order valence-corrected chi connectivity index (χ1v) is 9.83. The lowest BCUT2D eigenvalue weighted by Crippen LogP contribution is -1.98. The molecule has 0 aliphatic heterocycles. The number of phenolic OH excluding ortho intramolecular Hbond substituents is 2. The van der Waals surface area contributed by atoms with Gasteiger partial charge in [-0.15, -0.1) is 0 Å². The van der Waals surface area contributed by atoms with Crippen LogP contribution in [-0.4, -0.2) is 24.4 Å². The largest absolute Gasteiger partial charge is 0.504 e. The van der Waals surface area contributed by atoms with Gasteiger partial charge in [-0.05, 0) is 59.3 Å². The van der Waals surface area contributed by atoms with Crippen LogP contribution in [0.3, 0.4) is 0 Å². The van der Waals surface area contributed by atoms with Crippen LogP contribution >= 0.6 is 0 Å². The smallest absolute Gasteiger partial charge is 0.207 e. The Bertz CT molecular complexity index is 738. The van der Waals surface area contributed by atoms with Gasteiger partial charge in [-0.2, -0.15) is 0 Å². The van der Waals surface area contributed by atoms with Crippen LogP contribution in [0, 0.1) is 12.8 Å². The molecule has 0 fully saturated rings. The first-order chi connectivity index (χ1) is 13.2. The third kappa shape index (κ3) is 6.66. The second-order valence-electron chi connectivity index (χ2n) is 7.59. The molecule has 0 saturated heterocycles. The van der Waals surface area contributed by atoms with Crippen molar-refractivity contribution in [2.24, 2.45) is 5.92 Å². The fourth-order valence-electron chi connectivity index (χ4n) is 3.05. The molecule has 0 heterocycles. The van der Waals surface area contributed by atoms with Crippen LogP contribution in [0.1, 0.15) is 58.1 Å². The van der Waals surface area contributed by atoms with E-state index in [0.717, 1.165) is 19.3 Å². The molecule has 1 aromatic rings. The third-order valence-corrected chi connectivity index (χ3v) is 4.87. The second kappa shape index (κ2) is 11.5. The lowest BCUT2D eigenvalue weighted by atomic mass is 9.99. The number of hydrogen-bond acceptors (Lipinski definition) is 4. The van der Waals surface area contributed by atoms with E-state index < -0.39 is 0 Å². The van der Waals surface area contributed by atoms with Crippen LogP contribution in [-0.2, 0) is 6.42 Å². The minimum Gasteiger partial charge on any atom is -0.504 e. The van der Waals surface area contributed by atoms with Crippen molar-refractivity contribution >= 4 is 0 Å². The predicted octanol–water partition coefficient (Wildman–Crippen LogP) is 6.24. The molecule has 1 aromatic carbocycles. The van der Waals surface area contributed by atoms with Crippen molar-refractivity contribution in [3.63, 3.8) is 0 Å². The standard InChI is InChI=1S/C24H36O4/c1-16(2)10-8-11-17(3)12-9-13-18(4)14-15-20-19(5)21(25)23(27-6)24(28-7)22(20)26/h9-10,12,14,17,25-26H,8,11,13,15H2,1-7H3/b12-9+,18-14+. The van der Waals surface area contributed by atoms with E-state index in [1.54, 1.807) is 6.92 Å². The molecule has 4 nitrogen and oxygen atoms in total. The van der Waals surface area contributed by atoms with Crippen LogP contribution in [0.2, 0.25) is 0 Å². The molecule has 0 aromatic heterocycles. The zero-order valence-corrected chi connectivity index (χ0v) is 18.4. The number of benzene rings is 1. The molecule has 1 rings (SSSR count). The molecule has 1 atom stereocenters. The maximum absolute atomic E-state index is 10.5. The molecule has 0 radical (unpaired) electrons. The molecule has 0 bridgehead atoms. The van der Waals surface area contributed by atoms with Crippen molar-refractivity contribution in [1.82, 2.24) is 0 Å². The molecule has 0 saturated carbocycles. The Labute approximate surface area is 170 Å². The maximum Gasteiger partial charge on any atom is 0.207 e. The molecule has 28 heavy (non-hydrogen) atoms. The molecule has 2 N–H and O–H groups in total. The minimum absolute atomic E-state index is 0.00305. The molecular formula is C24H36O4. The Morgan fingerprint density at radius 3 is 2.18 bits per heavy atom. The summed E-state index contributed by atoms with van der Waals surface area (Å²) in [5.41, 5.74) is 3.83. The van der Waals surface area contributed by atoms with Crippen molar-refractivity contribution < 1.29 is 19.7 Å². The molecule has 156 valence electrons. The lowest BCUT2D eigenvalue weighted by molar-refractivity contribution is 0.314. The van der Waals surface area contributed by atoms with Crippen LogP contribution < -0.4 is 9.47 Å². The number of phenols is 2. The van der Waals surface area contributed by atoms with Gasteiger partial charge in [0.25, 0.3) is 0 Å². The fraction of sp³-hybridized carbons (Fsp3) is 0.500. The highest BCUT2D eigenvalue weighted by Crippen LogP contribution is 2.48. The summed E-state index contributed by atoms with van der Waals surface area (Å²) in [5.74, 6) is 0.895. The van der Waals surface area contributed by atoms with Gasteiger partial charge in [0.05, 0.1) is 14.2 Å². The van der Waals surface area contributed by atoms with Gasteiger partial charge in [0, 0.05) is 11.1 Å². The summed E-state index contributed by atoms with van der Waals surface area (Å²) in [6, 6.07) is 0. The van der Waals surface area contributed by atoms with Crippen LogP contribution in [0.15, 0.2) is 35.5 Å². The number of hydrogen-bond donors (Lipinski definition) is 2. The lowest BCUT2D eigenvalue weighted by Gasteiger charge is -2.17. The highest BCUT2D eigenvalue weighted by Gasteiger charge is 2.22. The summed E-state index contributed by atoms with van der Waals surface area (Å²) in [6.07, 6.45) is 12.5. The Balaban J connectivity index is 2.79. The Morgan fingerprint density at radius 1 is 1.00 bits per heavy atom. The highest BCUT2D eigenvalue weighted by molar-refractivity contribution is 5.66. The quantitative estimate of drug-likeness (QED) is 0.368. The van der Waals surface area contributed by atoms with E-state index >= 15 is 0 Å². The molecular weight excluding hydrogens is 352 g/mol. The first kappa shape index (κ1) is 23.7. The predicted molar refractivity (Wildman–Crippen MR) is 117 cm³/mol. The summed E-state index contributed by atoms with van der Waals surface area (Å²) in [6.45, 7) is 10.3. The summed E-state index contributed by atoms with van der Waals surface area (Å²) in [4.78, 5) is 0. The molecule has 0 spiro atoms. The number of rotatable bonds is 10. The zero-order valence-electron chi connectivity index (χ0n) is 18.4. The van der Waals surface area contributed by atoms with E-state index in [-0.39, 0.29) is 23.0 Å². The normalized spacial score (nSPS) is 12.9.